The van der Waals surface area contributed by atoms with E-state index in [1.807, 2.05) is 37.3 Å². The molecule has 1 unspecified atom stereocenters. The van der Waals surface area contributed by atoms with Crippen LogP contribution in [0.25, 0.3) is 0 Å². The van der Waals surface area contributed by atoms with Crippen LogP contribution in [0.4, 0.5) is 10.5 Å². The van der Waals surface area contributed by atoms with E-state index < -0.39 is 0 Å². The minimum atomic E-state index is -0.380. The number of ether oxygens (including phenoxy) is 2. The summed E-state index contributed by atoms with van der Waals surface area (Å²) in [6, 6.07) is 16.3. The van der Waals surface area contributed by atoms with Gasteiger partial charge in [0.25, 0.3) is 0 Å². The topological polar surface area (TPSA) is 59.6 Å². The fourth-order valence-corrected chi connectivity index (χ4v) is 2.90. The van der Waals surface area contributed by atoms with Crippen molar-refractivity contribution in [1.29, 1.82) is 0 Å². The van der Waals surface area contributed by atoms with Gasteiger partial charge in [-0.2, -0.15) is 0 Å². The number of carbonyl (C=O) groups excluding carboxylic acids is 1. The molecule has 0 fully saturated rings. The van der Waals surface area contributed by atoms with E-state index in [0.29, 0.717) is 13.2 Å². The third-order valence-corrected chi connectivity index (χ3v) is 4.98. The van der Waals surface area contributed by atoms with Crippen LogP contribution in [0.3, 0.4) is 0 Å². The van der Waals surface area contributed by atoms with Gasteiger partial charge in [-0.1, -0.05) is 49.4 Å². The van der Waals surface area contributed by atoms with E-state index in [4.69, 9.17) is 9.47 Å². The Morgan fingerprint density at radius 2 is 1.76 bits per heavy atom. The van der Waals surface area contributed by atoms with Crippen LogP contribution in [0.2, 0.25) is 0 Å². The summed E-state index contributed by atoms with van der Waals surface area (Å²) in [7, 11) is 0. The van der Waals surface area contributed by atoms with Crippen molar-refractivity contribution in [1.82, 2.24) is 5.32 Å². The minimum absolute atomic E-state index is 0.0947. The van der Waals surface area contributed by atoms with Crippen molar-refractivity contribution in [3.63, 3.8) is 0 Å². The zero-order valence-electron chi connectivity index (χ0n) is 17.9. The van der Waals surface area contributed by atoms with E-state index in [2.05, 4.69) is 42.7 Å². The Morgan fingerprint density at radius 1 is 1.00 bits per heavy atom. The molecule has 1 amide bonds. The fraction of sp³-hybridized carbons (Fsp3) is 0.458. The number of amides is 1. The Hall–Kier alpha value is -2.53. The van der Waals surface area contributed by atoms with Crippen molar-refractivity contribution < 1.29 is 14.3 Å². The highest BCUT2D eigenvalue weighted by molar-refractivity contribution is 5.67. The summed E-state index contributed by atoms with van der Waals surface area (Å²) in [6.07, 6.45) is 2.20. The summed E-state index contributed by atoms with van der Waals surface area (Å²) in [5.41, 5.74) is 4.87. The molecular weight excluding hydrogens is 364 g/mol. The van der Waals surface area contributed by atoms with Crippen molar-refractivity contribution in [2.24, 2.45) is 0 Å². The summed E-state index contributed by atoms with van der Waals surface area (Å²) in [6.45, 7) is 8.55. The Kier molecular flexibility index (Phi) is 10.1. The molecule has 2 aromatic rings. The number of rotatable bonds is 12. The molecule has 0 aliphatic heterocycles. The van der Waals surface area contributed by atoms with E-state index >= 15 is 0 Å². The molecule has 2 rings (SSSR count). The highest BCUT2D eigenvalue weighted by Crippen LogP contribution is 2.17. The SMILES string of the molecule is CCC(COC(=O)NCCCCNc1cccc(C)c1C)OCc1ccccc1. The number of hydrogen-bond donors (Lipinski definition) is 2. The first-order valence-corrected chi connectivity index (χ1v) is 10.5. The smallest absolute Gasteiger partial charge is 0.407 e. The predicted molar refractivity (Wildman–Crippen MR) is 118 cm³/mol. The van der Waals surface area contributed by atoms with Crippen LogP contribution in [0.5, 0.6) is 0 Å². The normalized spacial score (nSPS) is 11.7. The van der Waals surface area contributed by atoms with Crippen LogP contribution in [0.1, 0.15) is 42.9 Å². The lowest BCUT2D eigenvalue weighted by atomic mass is 10.1. The second-order valence-electron chi connectivity index (χ2n) is 7.23. The summed E-state index contributed by atoms with van der Waals surface area (Å²) in [5, 5.41) is 6.27. The van der Waals surface area contributed by atoms with Gasteiger partial charge in [0.1, 0.15) is 6.61 Å². The van der Waals surface area contributed by atoms with E-state index in [1.165, 1.54) is 16.8 Å². The molecule has 2 aromatic carbocycles. The van der Waals surface area contributed by atoms with Crippen molar-refractivity contribution in [3.8, 4) is 0 Å². The van der Waals surface area contributed by atoms with Gasteiger partial charge in [-0.05, 0) is 55.9 Å². The number of benzene rings is 2. The number of anilines is 1. The molecular formula is C24H34N2O3. The van der Waals surface area contributed by atoms with Crippen molar-refractivity contribution in [2.75, 3.05) is 25.0 Å². The summed E-state index contributed by atoms with van der Waals surface area (Å²) in [4.78, 5) is 11.9. The number of nitrogens with one attached hydrogen (secondary N) is 2. The first kappa shape index (κ1) is 22.8. The van der Waals surface area contributed by atoms with Gasteiger partial charge in [-0.3, -0.25) is 0 Å². The first-order valence-electron chi connectivity index (χ1n) is 10.5. The molecule has 0 aromatic heterocycles. The Labute approximate surface area is 174 Å². The Morgan fingerprint density at radius 3 is 2.52 bits per heavy atom. The van der Waals surface area contributed by atoms with Crippen molar-refractivity contribution >= 4 is 11.8 Å². The molecule has 0 bridgehead atoms. The molecule has 0 heterocycles. The standard InChI is InChI=1S/C24H34N2O3/c1-4-22(28-17-21-12-6-5-7-13-21)18-29-24(27)26-16-9-8-15-25-23-14-10-11-19(2)20(23)3/h5-7,10-14,22,25H,4,8-9,15-18H2,1-3H3,(H,26,27). The lowest BCUT2D eigenvalue weighted by Gasteiger charge is -2.16. The number of hydrogen-bond acceptors (Lipinski definition) is 4. The second kappa shape index (κ2) is 12.8. The third kappa shape index (κ3) is 8.57. The minimum Gasteiger partial charge on any atom is -0.447 e. The maximum Gasteiger partial charge on any atom is 0.407 e. The second-order valence-corrected chi connectivity index (χ2v) is 7.23. The van der Waals surface area contributed by atoms with Crippen molar-refractivity contribution in [3.05, 3.63) is 65.2 Å². The van der Waals surface area contributed by atoms with Crippen LogP contribution >= 0.6 is 0 Å². The molecule has 158 valence electrons. The summed E-state index contributed by atoms with van der Waals surface area (Å²) < 4.78 is 11.1. The van der Waals surface area contributed by atoms with Crippen molar-refractivity contribution in [2.45, 2.75) is 52.7 Å². The van der Waals surface area contributed by atoms with E-state index in [0.717, 1.165) is 31.4 Å². The zero-order chi connectivity index (χ0) is 20.9. The van der Waals surface area contributed by atoms with Crippen LogP contribution in [0.15, 0.2) is 48.5 Å². The number of alkyl carbamates (subject to hydrolysis) is 1. The highest BCUT2D eigenvalue weighted by atomic mass is 16.6. The van der Waals surface area contributed by atoms with Gasteiger partial charge in [-0.15, -0.1) is 0 Å². The fourth-order valence-electron chi connectivity index (χ4n) is 2.90. The molecule has 0 saturated heterocycles. The van der Waals surface area contributed by atoms with Gasteiger partial charge in [0.15, 0.2) is 0 Å². The maximum absolute atomic E-state index is 11.9. The van der Waals surface area contributed by atoms with Crippen LogP contribution in [-0.4, -0.2) is 31.9 Å². The zero-order valence-corrected chi connectivity index (χ0v) is 17.9. The Balaban J connectivity index is 1.54. The van der Waals surface area contributed by atoms with E-state index in [9.17, 15) is 4.79 Å². The molecule has 0 aliphatic rings. The predicted octanol–water partition coefficient (Wildman–Crippen LogP) is 5.22. The number of aryl methyl sites for hydroxylation is 1. The lowest BCUT2D eigenvalue weighted by Crippen LogP contribution is -2.29. The molecule has 29 heavy (non-hydrogen) atoms. The van der Waals surface area contributed by atoms with Gasteiger partial charge in [0.05, 0.1) is 12.7 Å². The largest absolute Gasteiger partial charge is 0.447 e. The van der Waals surface area contributed by atoms with Gasteiger partial charge in [-0.25, -0.2) is 4.79 Å². The van der Waals surface area contributed by atoms with Crippen LogP contribution in [0, 0.1) is 13.8 Å². The van der Waals surface area contributed by atoms with E-state index in [1.54, 1.807) is 0 Å². The van der Waals surface area contributed by atoms with Gasteiger partial charge >= 0.3 is 6.09 Å². The molecule has 5 nitrogen and oxygen atoms in total. The highest BCUT2D eigenvalue weighted by Gasteiger charge is 2.10. The molecule has 0 saturated carbocycles. The van der Waals surface area contributed by atoms with Gasteiger partial charge in [0.2, 0.25) is 0 Å². The molecule has 1 atom stereocenters. The quantitative estimate of drug-likeness (QED) is 0.482. The van der Waals surface area contributed by atoms with Crippen LogP contribution in [-0.2, 0) is 16.1 Å². The number of unbranched alkanes of at least 4 members (excludes halogenated alkanes) is 1. The average molecular weight is 399 g/mol. The molecule has 5 heteroatoms. The molecule has 0 aliphatic carbocycles. The monoisotopic (exact) mass is 398 g/mol. The maximum atomic E-state index is 11.9. The Bertz CT molecular complexity index is 734. The third-order valence-electron chi connectivity index (χ3n) is 4.98. The summed E-state index contributed by atoms with van der Waals surface area (Å²) in [5.74, 6) is 0. The lowest BCUT2D eigenvalue weighted by molar-refractivity contribution is -0.00589. The first-order chi connectivity index (χ1) is 14.1. The molecule has 0 radical (unpaired) electrons. The van der Waals surface area contributed by atoms with Gasteiger partial charge in [0, 0.05) is 18.8 Å². The van der Waals surface area contributed by atoms with E-state index in [-0.39, 0.29) is 18.8 Å². The van der Waals surface area contributed by atoms with Crippen LogP contribution < -0.4 is 10.6 Å². The van der Waals surface area contributed by atoms with Gasteiger partial charge < -0.3 is 20.1 Å². The number of carbonyl (C=O) groups is 1. The summed E-state index contributed by atoms with van der Waals surface area (Å²) >= 11 is 0. The average Bonchev–Trinajstić information content (AvgIpc) is 2.74. The molecule has 2 N–H and O–H groups in total. The molecule has 0 spiro atoms.